The lowest BCUT2D eigenvalue weighted by atomic mass is 9.97. The first-order valence-electron chi connectivity index (χ1n) is 10.5. The van der Waals surface area contributed by atoms with Crippen LogP contribution in [0, 0.1) is 0 Å². The highest BCUT2D eigenvalue weighted by Crippen LogP contribution is 2.34. The van der Waals surface area contributed by atoms with E-state index < -0.39 is 0 Å². The van der Waals surface area contributed by atoms with Gasteiger partial charge in [0.2, 0.25) is 6.79 Å². The Labute approximate surface area is 199 Å². The molecule has 0 aliphatic carbocycles. The maximum absolute atomic E-state index is 13.1. The molecule has 0 radical (unpaired) electrons. The van der Waals surface area contributed by atoms with Gasteiger partial charge in [-0.2, -0.15) is 0 Å². The normalized spacial score (nSPS) is 14.1. The van der Waals surface area contributed by atoms with E-state index in [9.17, 15) is 9.59 Å². The number of nitrogens with one attached hydrogen (secondary N) is 1. The molecule has 0 fully saturated rings. The molecule has 2 heterocycles. The second-order valence-corrected chi connectivity index (χ2v) is 8.71. The Hall–Kier alpha value is -3.52. The lowest BCUT2D eigenvalue weighted by Crippen LogP contribution is -2.37. The number of anilines is 1. The second-order valence-electron chi connectivity index (χ2n) is 7.79. The average molecular weight is 509 g/mol. The molecule has 2 aliphatic rings. The van der Waals surface area contributed by atoms with Crippen LogP contribution in [0.1, 0.15) is 21.5 Å². The fourth-order valence-corrected chi connectivity index (χ4v) is 4.22. The zero-order valence-electron chi connectivity index (χ0n) is 17.7. The molecule has 3 aromatic rings. The van der Waals surface area contributed by atoms with Crippen LogP contribution >= 0.6 is 15.9 Å². The van der Waals surface area contributed by atoms with Crippen molar-refractivity contribution in [2.45, 2.75) is 13.0 Å². The van der Waals surface area contributed by atoms with Crippen LogP contribution < -0.4 is 19.5 Å². The van der Waals surface area contributed by atoms with Crippen LogP contribution in [-0.4, -0.2) is 36.7 Å². The first kappa shape index (κ1) is 21.3. The molecule has 33 heavy (non-hydrogen) atoms. The first-order valence-corrected chi connectivity index (χ1v) is 11.3. The molecule has 0 saturated carbocycles. The van der Waals surface area contributed by atoms with Gasteiger partial charge < -0.3 is 24.4 Å². The number of rotatable bonds is 6. The highest BCUT2D eigenvalue weighted by Gasteiger charge is 2.27. The number of ether oxygens (including phenoxy) is 3. The summed E-state index contributed by atoms with van der Waals surface area (Å²) in [7, 11) is 0. The fraction of sp³-hybridized carbons (Fsp3) is 0.200. The van der Waals surface area contributed by atoms with Crippen molar-refractivity contribution in [3.8, 4) is 17.2 Å². The number of nitrogens with zero attached hydrogens (tertiary/aromatic N) is 1. The minimum Gasteiger partial charge on any atom is -0.483 e. The Morgan fingerprint density at radius 3 is 2.73 bits per heavy atom. The number of hydrogen-bond acceptors (Lipinski definition) is 5. The lowest BCUT2D eigenvalue weighted by molar-refractivity contribution is -0.118. The lowest BCUT2D eigenvalue weighted by Gasteiger charge is -2.29. The van der Waals surface area contributed by atoms with Gasteiger partial charge in [-0.25, -0.2) is 0 Å². The Kier molecular flexibility index (Phi) is 5.92. The molecule has 5 rings (SSSR count). The van der Waals surface area contributed by atoms with E-state index in [1.165, 1.54) is 0 Å². The zero-order chi connectivity index (χ0) is 22.8. The molecule has 7 nitrogen and oxygen atoms in total. The molecule has 0 bridgehead atoms. The van der Waals surface area contributed by atoms with Crippen molar-refractivity contribution in [2.24, 2.45) is 0 Å². The minimum absolute atomic E-state index is 0.0329. The summed E-state index contributed by atoms with van der Waals surface area (Å²) in [5, 5.41) is 2.79. The van der Waals surface area contributed by atoms with Gasteiger partial charge in [-0.05, 0) is 48.4 Å². The van der Waals surface area contributed by atoms with Crippen molar-refractivity contribution in [3.05, 3.63) is 81.8 Å². The fourth-order valence-electron chi connectivity index (χ4n) is 3.95. The number of hydrogen-bond donors (Lipinski definition) is 1. The maximum atomic E-state index is 13.1. The summed E-state index contributed by atoms with van der Waals surface area (Å²) in [4.78, 5) is 27.3. The van der Waals surface area contributed by atoms with E-state index in [0.717, 1.165) is 15.6 Å². The van der Waals surface area contributed by atoms with Crippen LogP contribution in [0.3, 0.4) is 0 Å². The molecule has 1 N–H and O–H groups in total. The molecular formula is C25H21BrN2O5. The van der Waals surface area contributed by atoms with Crippen molar-refractivity contribution < 1.29 is 23.8 Å². The highest BCUT2D eigenvalue weighted by molar-refractivity contribution is 9.10. The average Bonchev–Trinajstić information content (AvgIpc) is 3.29. The van der Waals surface area contributed by atoms with Gasteiger partial charge in [-0.1, -0.05) is 34.1 Å². The molecule has 0 unspecified atom stereocenters. The third-order valence-electron chi connectivity index (χ3n) is 5.58. The van der Waals surface area contributed by atoms with Crippen LogP contribution in [0.15, 0.2) is 65.1 Å². The molecule has 3 aromatic carbocycles. The predicted octanol–water partition coefficient (Wildman–Crippen LogP) is 4.39. The van der Waals surface area contributed by atoms with Gasteiger partial charge in [-0.15, -0.1) is 0 Å². The van der Waals surface area contributed by atoms with Crippen molar-refractivity contribution in [2.75, 3.05) is 25.3 Å². The van der Waals surface area contributed by atoms with Gasteiger partial charge in [0.25, 0.3) is 11.8 Å². The van der Waals surface area contributed by atoms with Crippen molar-refractivity contribution in [1.82, 2.24) is 4.90 Å². The third kappa shape index (κ3) is 4.66. The molecule has 0 spiro atoms. The molecule has 8 heteroatoms. The summed E-state index contributed by atoms with van der Waals surface area (Å²) in [5.41, 5.74) is 3.13. The van der Waals surface area contributed by atoms with E-state index in [0.29, 0.717) is 48.0 Å². The topological polar surface area (TPSA) is 77.1 Å². The van der Waals surface area contributed by atoms with Crippen LogP contribution in [-0.2, 0) is 17.8 Å². The Bertz CT molecular complexity index is 1210. The van der Waals surface area contributed by atoms with Gasteiger partial charge in [0.1, 0.15) is 5.75 Å². The second kappa shape index (κ2) is 9.15. The summed E-state index contributed by atoms with van der Waals surface area (Å²) in [6.45, 7) is 1.15. The van der Waals surface area contributed by atoms with Crippen LogP contribution in [0.4, 0.5) is 5.69 Å². The number of benzene rings is 3. The molecule has 0 atom stereocenters. The zero-order valence-corrected chi connectivity index (χ0v) is 19.3. The molecule has 2 aliphatic heterocycles. The van der Waals surface area contributed by atoms with Crippen molar-refractivity contribution in [3.63, 3.8) is 0 Å². The van der Waals surface area contributed by atoms with Gasteiger partial charge in [0, 0.05) is 40.4 Å². The van der Waals surface area contributed by atoms with E-state index in [1.807, 2.05) is 35.2 Å². The van der Waals surface area contributed by atoms with Gasteiger partial charge in [0.05, 0.1) is 0 Å². The van der Waals surface area contributed by atoms with E-state index in [2.05, 4.69) is 21.2 Å². The number of amides is 2. The highest BCUT2D eigenvalue weighted by atomic mass is 79.9. The van der Waals surface area contributed by atoms with E-state index in [4.69, 9.17) is 14.2 Å². The monoisotopic (exact) mass is 508 g/mol. The Morgan fingerprint density at radius 2 is 1.88 bits per heavy atom. The van der Waals surface area contributed by atoms with Gasteiger partial charge >= 0.3 is 0 Å². The Morgan fingerprint density at radius 1 is 1.06 bits per heavy atom. The van der Waals surface area contributed by atoms with Crippen molar-refractivity contribution >= 4 is 33.4 Å². The largest absolute Gasteiger partial charge is 0.483 e. The number of halogens is 1. The van der Waals surface area contributed by atoms with E-state index in [1.54, 1.807) is 30.3 Å². The summed E-state index contributed by atoms with van der Waals surface area (Å²) in [5.74, 6) is 1.47. The number of carbonyl (C=O) groups excluding carboxylic acids is 2. The van der Waals surface area contributed by atoms with Crippen LogP contribution in [0.2, 0.25) is 0 Å². The maximum Gasteiger partial charge on any atom is 0.262 e. The first-order chi connectivity index (χ1) is 16.1. The Balaban J connectivity index is 1.23. The van der Waals surface area contributed by atoms with Crippen LogP contribution in [0.5, 0.6) is 17.2 Å². The van der Waals surface area contributed by atoms with Crippen LogP contribution in [0.25, 0.3) is 0 Å². The van der Waals surface area contributed by atoms with Crippen molar-refractivity contribution in [1.29, 1.82) is 0 Å². The SMILES string of the molecule is O=C(COc1cccc2c1CCN(Cc1ccc(Br)cc1)C2=O)Nc1ccc2c(c1)OCO2. The standard InChI is InChI=1S/C25H21BrN2O5/c26-17-6-4-16(5-7-17)13-28-11-10-19-20(25(28)30)2-1-3-21(19)31-14-24(29)27-18-8-9-22-23(12-18)33-15-32-22/h1-9,12H,10-11,13-15H2,(H,27,29). The molecule has 0 saturated heterocycles. The number of carbonyl (C=O) groups is 2. The summed E-state index contributed by atoms with van der Waals surface area (Å²) in [6.07, 6.45) is 0.664. The van der Waals surface area contributed by atoms with E-state index in [-0.39, 0.29) is 25.2 Å². The molecule has 0 aromatic heterocycles. The van der Waals surface area contributed by atoms with Gasteiger partial charge in [-0.3, -0.25) is 9.59 Å². The summed E-state index contributed by atoms with van der Waals surface area (Å²) >= 11 is 3.43. The van der Waals surface area contributed by atoms with E-state index >= 15 is 0 Å². The molecule has 168 valence electrons. The smallest absolute Gasteiger partial charge is 0.262 e. The summed E-state index contributed by atoms with van der Waals surface area (Å²) < 4.78 is 17.4. The number of fused-ring (bicyclic) bond motifs is 2. The minimum atomic E-state index is -0.300. The predicted molar refractivity (Wildman–Crippen MR) is 126 cm³/mol. The molecule has 2 amide bonds. The molecular weight excluding hydrogens is 488 g/mol. The summed E-state index contributed by atoms with van der Waals surface area (Å²) in [6, 6.07) is 18.5. The third-order valence-corrected chi connectivity index (χ3v) is 6.11. The van der Waals surface area contributed by atoms with Gasteiger partial charge in [0.15, 0.2) is 18.1 Å². The quantitative estimate of drug-likeness (QED) is 0.534.